The zero-order chi connectivity index (χ0) is 15.9. The molecule has 8 heteroatoms. The second kappa shape index (κ2) is 5.40. The summed E-state index contributed by atoms with van der Waals surface area (Å²) >= 11 is 0. The molecule has 1 atom stereocenters. The van der Waals surface area contributed by atoms with Gasteiger partial charge in [-0.1, -0.05) is 13.8 Å². The molecule has 1 saturated heterocycles. The molecule has 2 aromatic rings. The van der Waals surface area contributed by atoms with E-state index in [1.54, 1.807) is 9.42 Å². The van der Waals surface area contributed by atoms with Gasteiger partial charge in [0.25, 0.3) is 0 Å². The molecular formula is C14H18F3N5. The maximum Gasteiger partial charge on any atom is 0.393 e. The Hall–Kier alpha value is -1.86. The lowest BCUT2D eigenvalue weighted by molar-refractivity contribution is -0.175. The van der Waals surface area contributed by atoms with Gasteiger partial charge in [-0.3, -0.25) is 0 Å². The second-order valence-electron chi connectivity index (χ2n) is 6.04. The second-order valence-corrected chi connectivity index (χ2v) is 6.04. The highest BCUT2D eigenvalue weighted by molar-refractivity contribution is 5.68. The molecule has 1 aliphatic heterocycles. The van der Waals surface area contributed by atoms with E-state index in [9.17, 15) is 13.2 Å². The SMILES string of the molecule is CC(C)c1cc(N2CCCC(C(F)(F)F)C2)c2nncn2n1. The number of hydrogen-bond donors (Lipinski definition) is 0. The summed E-state index contributed by atoms with van der Waals surface area (Å²) in [5, 5.41) is 12.2. The van der Waals surface area contributed by atoms with Crippen LogP contribution in [0.15, 0.2) is 12.4 Å². The molecule has 0 N–H and O–H groups in total. The van der Waals surface area contributed by atoms with E-state index in [1.165, 1.54) is 6.33 Å². The van der Waals surface area contributed by atoms with E-state index in [1.807, 2.05) is 19.9 Å². The lowest BCUT2D eigenvalue weighted by Gasteiger charge is -2.35. The molecule has 0 bridgehead atoms. The number of halogens is 3. The third-order valence-electron chi connectivity index (χ3n) is 4.08. The summed E-state index contributed by atoms with van der Waals surface area (Å²) in [6, 6.07) is 1.84. The molecule has 0 spiro atoms. The van der Waals surface area contributed by atoms with Crippen molar-refractivity contribution in [2.75, 3.05) is 18.0 Å². The lowest BCUT2D eigenvalue weighted by Crippen LogP contribution is -2.42. The maximum absolute atomic E-state index is 13.0. The van der Waals surface area contributed by atoms with Gasteiger partial charge in [0.15, 0.2) is 0 Å². The number of nitrogens with zero attached hydrogens (tertiary/aromatic N) is 5. The third-order valence-corrected chi connectivity index (χ3v) is 4.08. The number of alkyl halides is 3. The summed E-state index contributed by atoms with van der Waals surface area (Å²) in [5.41, 5.74) is 2.01. The van der Waals surface area contributed by atoms with Crippen LogP contribution in [-0.2, 0) is 0 Å². The summed E-state index contributed by atoms with van der Waals surface area (Å²) in [4.78, 5) is 1.76. The molecule has 2 aromatic heterocycles. The van der Waals surface area contributed by atoms with Crippen LogP contribution < -0.4 is 4.90 Å². The first kappa shape index (κ1) is 15.1. The van der Waals surface area contributed by atoms with Crippen molar-refractivity contribution in [3.8, 4) is 0 Å². The molecule has 0 saturated carbocycles. The first-order chi connectivity index (χ1) is 10.4. The molecule has 22 heavy (non-hydrogen) atoms. The lowest BCUT2D eigenvalue weighted by atomic mass is 9.97. The van der Waals surface area contributed by atoms with Crippen LogP contribution in [0.3, 0.4) is 0 Å². The fourth-order valence-corrected chi connectivity index (χ4v) is 2.81. The van der Waals surface area contributed by atoms with Crippen LogP contribution in [0.1, 0.15) is 38.3 Å². The molecular weight excluding hydrogens is 295 g/mol. The largest absolute Gasteiger partial charge is 0.393 e. The van der Waals surface area contributed by atoms with Crippen molar-refractivity contribution >= 4 is 11.3 Å². The van der Waals surface area contributed by atoms with Crippen LogP contribution in [0.2, 0.25) is 0 Å². The van der Waals surface area contributed by atoms with Crippen LogP contribution in [0.4, 0.5) is 18.9 Å². The Morgan fingerprint density at radius 1 is 1.32 bits per heavy atom. The molecule has 5 nitrogen and oxygen atoms in total. The number of hydrogen-bond acceptors (Lipinski definition) is 4. The highest BCUT2D eigenvalue weighted by Crippen LogP contribution is 2.36. The Labute approximate surface area is 126 Å². The van der Waals surface area contributed by atoms with Crippen molar-refractivity contribution in [1.29, 1.82) is 0 Å². The zero-order valence-electron chi connectivity index (χ0n) is 12.5. The van der Waals surface area contributed by atoms with Gasteiger partial charge < -0.3 is 4.90 Å². The smallest absolute Gasteiger partial charge is 0.368 e. The van der Waals surface area contributed by atoms with Gasteiger partial charge in [-0.25, -0.2) is 0 Å². The molecule has 0 aliphatic carbocycles. The summed E-state index contributed by atoms with van der Waals surface area (Å²) < 4.78 is 40.6. The number of piperidine rings is 1. The standard InChI is InChI=1S/C14H18F3N5/c1-9(2)11-6-12(13-19-18-8-22(13)20-11)21-5-3-4-10(7-21)14(15,16)17/h6,8-10H,3-5,7H2,1-2H3. The van der Waals surface area contributed by atoms with Gasteiger partial charge in [0.1, 0.15) is 6.33 Å². The number of fused-ring (bicyclic) bond motifs is 1. The van der Waals surface area contributed by atoms with Crippen LogP contribution in [0, 0.1) is 5.92 Å². The van der Waals surface area contributed by atoms with Crippen molar-refractivity contribution in [3.63, 3.8) is 0 Å². The van der Waals surface area contributed by atoms with Crippen molar-refractivity contribution in [2.24, 2.45) is 5.92 Å². The molecule has 0 aromatic carbocycles. The molecule has 0 radical (unpaired) electrons. The number of rotatable bonds is 2. The molecule has 3 heterocycles. The number of aromatic nitrogens is 4. The van der Waals surface area contributed by atoms with Gasteiger partial charge in [0, 0.05) is 13.1 Å². The van der Waals surface area contributed by atoms with Crippen molar-refractivity contribution in [1.82, 2.24) is 19.8 Å². The quantitative estimate of drug-likeness (QED) is 0.855. The van der Waals surface area contributed by atoms with Crippen LogP contribution >= 0.6 is 0 Å². The molecule has 120 valence electrons. The van der Waals surface area contributed by atoms with Gasteiger partial charge >= 0.3 is 6.18 Å². The average molecular weight is 313 g/mol. The molecule has 0 amide bonds. The summed E-state index contributed by atoms with van der Waals surface area (Å²) in [6.07, 6.45) is -1.97. The van der Waals surface area contributed by atoms with E-state index in [-0.39, 0.29) is 18.9 Å². The predicted octanol–water partition coefficient (Wildman–Crippen LogP) is 3.03. The normalized spacial score (nSPS) is 20.1. The first-order valence-electron chi connectivity index (χ1n) is 7.39. The monoisotopic (exact) mass is 313 g/mol. The number of anilines is 1. The van der Waals surface area contributed by atoms with Gasteiger partial charge in [-0.2, -0.15) is 22.8 Å². The molecule has 1 fully saturated rings. The van der Waals surface area contributed by atoms with Gasteiger partial charge in [0.2, 0.25) is 5.65 Å². The third kappa shape index (κ3) is 2.74. The first-order valence-corrected chi connectivity index (χ1v) is 7.39. The Bertz CT molecular complexity index is 664. The zero-order valence-corrected chi connectivity index (χ0v) is 12.5. The Morgan fingerprint density at radius 3 is 2.77 bits per heavy atom. The fraction of sp³-hybridized carbons (Fsp3) is 0.643. The van der Waals surface area contributed by atoms with E-state index < -0.39 is 12.1 Å². The van der Waals surface area contributed by atoms with Crippen LogP contribution in [0.25, 0.3) is 5.65 Å². The van der Waals surface area contributed by atoms with E-state index in [0.29, 0.717) is 24.3 Å². The van der Waals surface area contributed by atoms with Crippen molar-refractivity contribution < 1.29 is 13.2 Å². The maximum atomic E-state index is 13.0. The van der Waals surface area contributed by atoms with Crippen LogP contribution in [0.5, 0.6) is 0 Å². The topological polar surface area (TPSA) is 46.3 Å². The van der Waals surface area contributed by atoms with E-state index in [0.717, 1.165) is 5.69 Å². The van der Waals surface area contributed by atoms with E-state index in [2.05, 4.69) is 15.3 Å². The molecule has 1 unspecified atom stereocenters. The highest BCUT2D eigenvalue weighted by atomic mass is 19.4. The Balaban J connectivity index is 1.99. The Kier molecular flexibility index (Phi) is 3.70. The highest BCUT2D eigenvalue weighted by Gasteiger charge is 2.42. The predicted molar refractivity (Wildman–Crippen MR) is 75.9 cm³/mol. The summed E-state index contributed by atoms with van der Waals surface area (Å²) in [5.74, 6) is -1.12. The Morgan fingerprint density at radius 2 is 2.09 bits per heavy atom. The summed E-state index contributed by atoms with van der Waals surface area (Å²) in [7, 11) is 0. The average Bonchev–Trinajstić information content (AvgIpc) is 2.93. The van der Waals surface area contributed by atoms with Crippen molar-refractivity contribution in [2.45, 2.75) is 38.8 Å². The van der Waals surface area contributed by atoms with Gasteiger partial charge in [-0.05, 0) is 24.8 Å². The van der Waals surface area contributed by atoms with E-state index >= 15 is 0 Å². The minimum Gasteiger partial charge on any atom is -0.368 e. The molecule has 1 aliphatic rings. The summed E-state index contributed by atoms with van der Waals surface area (Å²) in [6.45, 7) is 4.55. The van der Waals surface area contributed by atoms with Gasteiger partial charge in [0.05, 0.1) is 17.3 Å². The fourth-order valence-electron chi connectivity index (χ4n) is 2.81. The van der Waals surface area contributed by atoms with Crippen molar-refractivity contribution in [3.05, 3.63) is 18.1 Å². The minimum atomic E-state index is -4.16. The van der Waals surface area contributed by atoms with Gasteiger partial charge in [-0.15, -0.1) is 10.2 Å². The molecule has 3 rings (SSSR count). The minimum absolute atomic E-state index is 0.0342. The van der Waals surface area contributed by atoms with Crippen LogP contribution in [-0.4, -0.2) is 39.1 Å². The van der Waals surface area contributed by atoms with E-state index in [4.69, 9.17) is 0 Å².